The molecule has 24 heavy (non-hydrogen) atoms. The molecule has 2 aromatic heterocycles. The summed E-state index contributed by atoms with van der Waals surface area (Å²) < 4.78 is 12.0. The SMILES string of the molecule is c1ccc2c(c1)oc1cc3cc4c(cc3cc12)oc1ccccc14. The first-order valence-corrected chi connectivity index (χ1v) is 8.03. The molecule has 6 rings (SSSR count). The zero-order valence-corrected chi connectivity index (χ0v) is 12.7. The Labute approximate surface area is 136 Å². The number of fused-ring (bicyclic) bond motifs is 7. The third-order valence-electron chi connectivity index (χ3n) is 4.83. The van der Waals surface area contributed by atoms with E-state index in [1.807, 2.05) is 36.4 Å². The van der Waals surface area contributed by atoms with Crippen LogP contribution in [0.4, 0.5) is 0 Å². The lowest BCUT2D eigenvalue weighted by atomic mass is 10.0. The van der Waals surface area contributed by atoms with Gasteiger partial charge in [-0.15, -0.1) is 0 Å². The van der Waals surface area contributed by atoms with Gasteiger partial charge in [0.05, 0.1) is 0 Å². The summed E-state index contributed by atoms with van der Waals surface area (Å²) in [6.07, 6.45) is 0. The van der Waals surface area contributed by atoms with Crippen LogP contribution >= 0.6 is 0 Å². The molecule has 2 heteroatoms. The Morgan fingerprint density at radius 3 is 1.38 bits per heavy atom. The second-order valence-corrected chi connectivity index (χ2v) is 6.24. The topological polar surface area (TPSA) is 26.3 Å². The maximum absolute atomic E-state index is 6.02. The first kappa shape index (κ1) is 12.2. The van der Waals surface area contributed by atoms with Crippen LogP contribution in [0.25, 0.3) is 54.6 Å². The van der Waals surface area contributed by atoms with Crippen molar-refractivity contribution < 1.29 is 8.83 Å². The molecule has 0 spiro atoms. The van der Waals surface area contributed by atoms with Crippen LogP contribution in [-0.4, -0.2) is 0 Å². The molecule has 4 aromatic carbocycles. The highest BCUT2D eigenvalue weighted by Crippen LogP contribution is 2.36. The molecule has 0 aliphatic heterocycles. The average Bonchev–Trinajstić information content (AvgIpc) is 3.15. The van der Waals surface area contributed by atoms with Crippen LogP contribution in [0.1, 0.15) is 0 Å². The highest BCUT2D eigenvalue weighted by atomic mass is 16.3. The quantitative estimate of drug-likeness (QED) is 0.314. The molecule has 0 N–H and O–H groups in total. The number of hydrogen-bond acceptors (Lipinski definition) is 2. The Hall–Kier alpha value is -3.26. The second-order valence-electron chi connectivity index (χ2n) is 6.24. The molecule has 0 radical (unpaired) electrons. The van der Waals surface area contributed by atoms with Crippen molar-refractivity contribution in [2.75, 3.05) is 0 Å². The maximum Gasteiger partial charge on any atom is 0.136 e. The van der Waals surface area contributed by atoms with Crippen LogP contribution in [0.3, 0.4) is 0 Å². The van der Waals surface area contributed by atoms with Crippen LogP contribution in [0.5, 0.6) is 0 Å². The zero-order chi connectivity index (χ0) is 15.7. The molecule has 0 saturated carbocycles. The van der Waals surface area contributed by atoms with Gasteiger partial charge in [0.15, 0.2) is 0 Å². The van der Waals surface area contributed by atoms with Gasteiger partial charge in [-0.3, -0.25) is 0 Å². The summed E-state index contributed by atoms with van der Waals surface area (Å²) in [6.45, 7) is 0. The van der Waals surface area contributed by atoms with E-state index < -0.39 is 0 Å². The fraction of sp³-hybridized carbons (Fsp3) is 0. The summed E-state index contributed by atoms with van der Waals surface area (Å²) in [7, 11) is 0. The number of hydrogen-bond donors (Lipinski definition) is 0. The summed E-state index contributed by atoms with van der Waals surface area (Å²) >= 11 is 0. The summed E-state index contributed by atoms with van der Waals surface area (Å²) in [6, 6.07) is 25.0. The van der Waals surface area contributed by atoms with Crippen LogP contribution in [0.2, 0.25) is 0 Å². The van der Waals surface area contributed by atoms with E-state index in [0.29, 0.717) is 0 Å². The van der Waals surface area contributed by atoms with Gasteiger partial charge in [0.1, 0.15) is 22.3 Å². The molecule has 0 aliphatic carbocycles. The summed E-state index contributed by atoms with van der Waals surface area (Å²) in [5.74, 6) is 0. The minimum absolute atomic E-state index is 0.927. The van der Waals surface area contributed by atoms with Crippen molar-refractivity contribution in [2.45, 2.75) is 0 Å². The van der Waals surface area contributed by atoms with E-state index in [1.165, 1.54) is 10.8 Å². The first-order valence-electron chi connectivity index (χ1n) is 8.03. The minimum Gasteiger partial charge on any atom is -0.456 e. The molecule has 0 aliphatic rings. The largest absolute Gasteiger partial charge is 0.456 e. The van der Waals surface area contributed by atoms with Crippen LogP contribution in [0, 0.1) is 0 Å². The van der Waals surface area contributed by atoms with E-state index in [4.69, 9.17) is 8.83 Å². The molecule has 112 valence electrons. The van der Waals surface area contributed by atoms with Gasteiger partial charge >= 0.3 is 0 Å². The third-order valence-corrected chi connectivity index (χ3v) is 4.83. The molecule has 2 heterocycles. The van der Waals surface area contributed by atoms with Gasteiger partial charge in [-0.2, -0.15) is 0 Å². The monoisotopic (exact) mass is 308 g/mol. The predicted molar refractivity (Wildman–Crippen MR) is 98.5 cm³/mol. The number of rotatable bonds is 0. The fourth-order valence-electron chi connectivity index (χ4n) is 3.69. The molecular weight excluding hydrogens is 296 g/mol. The van der Waals surface area contributed by atoms with Crippen molar-refractivity contribution in [3.63, 3.8) is 0 Å². The van der Waals surface area contributed by atoms with Gasteiger partial charge < -0.3 is 8.83 Å². The summed E-state index contributed by atoms with van der Waals surface area (Å²) in [5.41, 5.74) is 3.71. The van der Waals surface area contributed by atoms with Crippen molar-refractivity contribution in [2.24, 2.45) is 0 Å². The zero-order valence-electron chi connectivity index (χ0n) is 12.7. The van der Waals surface area contributed by atoms with E-state index in [2.05, 4.69) is 36.4 Å². The lowest BCUT2D eigenvalue weighted by Crippen LogP contribution is -1.74. The molecule has 0 saturated heterocycles. The van der Waals surface area contributed by atoms with E-state index in [9.17, 15) is 0 Å². The van der Waals surface area contributed by atoms with Gasteiger partial charge in [0.2, 0.25) is 0 Å². The second kappa shape index (κ2) is 4.18. The highest BCUT2D eigenvalue weighted by molar-refractivity contribution is 6.14. The average molecular weight is 308 g/mol. The lowest BCUT2D eigenvalue weighted by molar-refractivity contribution is 0.668. The molecule has 6 aromatic rings. The fourth-order valence-corrected chi connectivity index (χ4v) is 3.69. The molecule has 0 unspecified atom stereocenters. The van der Waals surface area contributed by atoms with Crippen molar-refractivity contribution in [1.29, 1.82) is 0 Å². The summed E-state index contributed by atoms with van der Waals surface area (Å²) in [4.78, 5) is 0. The maximum atomic E-state index is 6.02. The molecule has 0 fully saturated rings. The van der Waals surface area contributed by atoms with Gasteiger partial charge in [-0.1, -0.05) is 36.4 Å². The smallest absolute Gasteiger partial charge is 0.136 e. The summed E-state index contributed by atoms with van der Waals surface area (Å²) in [5, 5.41) is 6.93. The lowest BCUT2D eigenvalue weighted by Gasteiger charge is -1.99. The normalized spacial score (nSPS) is 12.2. The first-order chi connectivity index (χ1) is 11.9. The Balaban J connectivity index is 1.80. The van der Waals surface area contributed by atoms with E-state index in [1.54, 1.807) is 0 Å². The standard InChI is InChI=1S/C22H12O2/c1-3-7-19-15(5-1)17-9-13-12-22-18(10-14(13)11-21(17)23-19)16-6-2-4-8-20(16)24-22/h1-12H. The Morgan fingerprint density at radius 1 is 0.417 bits per heavy atom. The Kier molecular flexibility index (Phi) is 2.12. The van der Waals surface area contributed by atoms with Crippen LogP contribution in [0.15, 0.2) is 81.6 Å². The number of furan rings is 2. The van der Waals surface area contributed by atoms with Gasteiger partial charge in [0, 0.05) is 21.5 Å². The minimum atomic E-state index is 0.927. The number of benzene rings is 4. The predicted octanol–water partition coefficient (Wildman–Crippen LogP) is 6.64. The van der Waals surface area contributed by atoms with Crippen LogP contribution < -0.4 is 0 Å². The van der Waals surface area contributed by atoms with E-state index >= 15 is 0 Å². The molecule has 2 nitrogen and oxygen atoms in total. The Morgan fingerprint density at radius 2 is 0.875 bits per heavy atom. The van der Waals surface area contributed by atoms with Crippen molar-refractivity contribution >= 4 is 54.6 Å². The molecule has 0 bridgehead atoms. The van der Waals surface area contributed by atoms with Crippen molar-refractivity contribution in [3.05, 3.63) is 72.8 Å². The third kappa shape index (κ3) is 1.50. The molecule has 0 atom stereocenters. The van der Waals surface area contributed by atoms with Crippen LogP contribution in [-0.2, 0) is 0 Å². The highest BCUT2D eigenvalue weighted by Gasteiger charge is 2.11. The van der Waals surface area contributed by atoms with Gasteiger partial charge in [-0.05, 0) is 47.2 Å². The van der Waals surface area contributed by atoms with E-state index in [0.717, 1.165) is 43.9 Å². The van der Waals surface area contributed by atoms with Gasteiger partial charge in [-0.25, -0.2) is 0 Å². The van der Waals surface area contributed by atoms with Crippen molar-refractivity contribution in [3.8, 4) is 0 Å². The molecule has 0 amide bonds. The molecular formula is C22H12O2. The van der Waals surface area contributed by atoms with Crippen molar-refractivity contribution in [1.82, 2.24) is 0 Å². The van der Waals surface area contributed by atoms with E-state index in [-0.39, 0.29) is 0 Å². The number of para-hydroxylation sites is 2. The Bertz CT molecular complexity index is 1290. The van der Waals surface area contributed by atoms with Gasteiger partial charge in [0.25, 0.3) is 0 Å².